The Morgan fingerprint density at radius 2 is 1.82 bits per heavy atom. The monoisotopic (exact) mass is 327 g/mol. The summed E-state index contributed by atoms with van der Waals surface area (Å²) in [6.45, 7) is 0.0122. The summed E-state index contributed by atoms with van der Waals surface area (Å²) in [7, 11) is -3.23. The average molecular weight is 327 g/mol. The van der Waals surface area contributed by atoms with E-state index in [0.29, 0.717) is 12.8 Å². The van der Waals surface area contributed by atoms with Crippen LogP contribution in [-0.4, -0.2) is 36.8 Å². The molecule has 1 aromatic heterocycles. The van der Waals surface area contributed by atoms with Gasteiger partial charge in [-0.2, -0.15) is 0 Å². The average Bonchev–Trinajstić information content (AvgIpc) is 3.08. The third-order valence-corrected chi connectivity index (χ3v) is 4.85. The molecule has 1 fully saturated rings. The number of nitrogens with two attached hydrogens (primary N) is 2. The second-order valence-corrected chi connectivity index (χ2v) is 7.96. The first-order valence-electron chi connectivity index (χ1n) is 6.56. The summed E-state index contributed by atoms with van der Waals surface area (Å²) in [4.78, 5) is 35.0. The van der Waals surface area contributed by atoms with Gasteiger partial charge in [0.2, 0.25) is 0 Å². The number of carbonyl (C=O) groups excluding carboxylic acids is 2. The molecule has 2 rings (SSSR count). The molecular weight excluding hydrogens is 310 g/mol. The molecule has 4 N–H and O–H groups in total. The van der Waals surface area contributed by atoms with Gasteiger partial charge in [-0.15, -0.1) is 0 Å². The number of sulfone groups is 1. The van der Waals surface area contributed by atoms with Crippen molar-refractivity contribution < 1.29 is 18.0 Å². The van der Waals surface area contributed by atoms with Gasteiger partial charge in [-0.05, 0) is 25.0 Å². The number of hydrogen-bond donors (Lipinski definition) is 2. The van der Waals surface area contributed by atoms with Crippen molar-refractivity contribution in [3.63, 3.8) is 0 Å². The number of hydrogen-bond acceptors (Lipinski definition) is 5. The molecule has 1 heterocycles. The second-order valence-electron chi connectivity index (χ2n) is 5.82. The maximum atomic E-state index is 12.3. The zero-order chi connectivity index (χ0) is 16.7. The predicted octanol–water partition coefficient (Wildman–Crippen LogP) is -1.13. The molecular formula is C13H17N3O5S. The lowest BCUT2D eigenvalue weighted by Crippen LogP contribution is -2.37. The molecule has 0 atom stereocenters. The van der Waals surface area contributed by atoms with Gasteiger partial charge >= 0.3 is 0 Å². The van der Waals surface area contributed by atoms with E-state index in [9.17, 15) is 22.8 Å². The maximum absolute atomic E-state index is 12.3. The number of pyridine rings is 1. The Morgan fingerprint density at radius 1 is 1.23 bits per heavy atom. The fraction of sp³-hybridized carbons (Fsp3) is 0.462. The van der Waals surface area contributed by atoms with Crippen molar-refractivity contribution in [1.82, 2.24) is 4.57 Å². The van der Waals surface area contributed by atoms with E-state index in [4.69, 9.17) is 11.5 Å². The van der Waals surface area contributed by atoms with Gasteiger partial charge in [0.1, 0.15) is 21.1 Å². The normalized spacial score (nSPS) is 16.2. The predicted molar refractivity (Wildman–Crippen MR) is 79.1 cm³/mol. The fourth-order valence-electron chi connectivity index (χ4n) is 2.55. The molecule has 120 valence electrons. The summed E-state index contributed by atoms with van der Waals surface area (Å²) < 4.78 is 24.1. The summed E-state index contributed by atoms with van der Waals surface area (Å²) in [6.07, 6.45) is 2.35. The molecule has 0 saturated heterocycles. The number of nitrogens with zero attached hydrogens (tertiary/aromatic N) is 1. The molecule has 22 heavy (non-hydrogen) atoms. The molecule has 9 heteroatoms. The summed E-state index contributed by atoms with van der Waals surface area (Å²) in [6, 6.07) is 2.40. The van der Waals surface area contributed by atoms with E-state index in [0.717, 1.165) is 16.9 Å². The highest BCUT2D eigenvalue weighted by Gasteiger charge is 2.46. The summed E-state index contributed by atoms with van der Waals surface area (Å²) >= 11 is 0. The van der Waals surface area contributed by atoms with E-state index >= 15 is 0 Å². The Bertz CT molecular complexity index is 805. The van der Waals surface area contributed by atoms with Gasteiger partial charge in [-0.25, -0.2) is 8.42 Å². The topological polar surface area (TPSA) is 142 Å². The zero-order valence-electron chi connectivity index (χ0n) is 12.0. The number of primary amides is 2. The molecule has 0 radical (unpaired) electrons. The molecule has 8 nitrogen and oxygen atoms in total. The molecule has 0 aromatic carbocycles. The minimum atomic E-state index is -3.23. The van der Waals surface area contributed by atoms with Crippen LogP contribution >= 0.6 is 0 Å². The first kappa shape index (κ1) is 16.2. The van der Waals surface area contributed by atoms with Crippen LogP contribution in [0.15, 0.2) is 16.9 Å². The van der Waals surface area contributed by atoms with Gasteiger partial charge in [-0.1, -0.05) is 0 Å². The van der Waals surface area contributed by atoms with Crippen molar-refractivity contribution in [2.24, 2.45) is 16.9 Å². The minimum absolute atomic E-state index is 0.0122. The Labute approximate surface area is 127 Å². The highest BCUT2D eigenvalue weighted by atomic mass is 32.2. The number of carbonyl (C=O) groups is 2. The molecule has 1 aliphatic rings. The first-order chi connectivity index (χ1) is 10.0. The molecule has 0 unspecified atom stereocenters. The molecule has 2 amide bonds. The fourth-order valence-corrected chi connectivity index (χ4v) is 4.05. The van der Waals surface area contributed by atoms with Crippen LogP contribution in [-0.2, 0) is 16.4 Å². The Kier molecular flexibility index (Phi) is 3.86. The highest BCUT2D eigenvalue weighted by molar-refractivity contribution is 7.90. The number of amides is 2. The van der Waals surface area contributed by atoms with Gasteiger partial charge in [-0.3, -0.25) is 14.4 Å². The lowest BCUT2D eigenvalue weighted by atomic mass is 10.1. The van der Waals surface area contributed by atoms with Crippen molar-refractivity contribution in [2.45, 2.75) is 19.4 Å². The minimum Gasteiger partial charge on any atom is -0.365 e. The smallest absolute Gasteiger partial charge is 0.265 e. The van der Waals surface area contributed by atoms with E-state index in [1.54, 1.807) is 0 Å². The molecule has 0 bridgehead atoms. The summed E-state index contributed by atoms with van der Waals surface area (Å²) in [5.41, 5.74) is 8.70. The lowest BCUT2D eigenvalue weighted by molar-refractivity contribution is 0.0976. The van der Waals surface area contributed by atoms with E-state index in [1.807, 2.05) is 0 Å². The largest absolute Gasteiger partial charge is 0.365 e. The third kappa shape index (κ3) is 3.35. The van der Waals surface area contributed by atoms with Crippen molar-refractivity contribution in [1.29, 1.82) is 0 Å². The van der Waals surface area contributed by atoms with Gasteiger partial charge in [0.05, 0.1) is 5.75 Å². The molecule has 0 aliphatic heterocycles. The first-order valence-corrected chi connectivity index (χ1v) is 8.62. The van der Waals surface area contributed by atoms with Gasteiger partial charge in [0, 0.05) is 18.2 Å². The van der Waals surface area contributed by atoms with Crippen LogP contribution in [0, 0.1) is 5.41 Å². The Hall–Kier alpha value is -2.16. The van der Waals surface area contributed by atoms with E-state index < -0.39 is 32.6 Å². The van der Waals surface area contributed by atoms with Crippen molar-refractivity contribution in [3.8, 4) is 0 Å². The van der Waals surface area contributed by atoms with Crippen LogP contribution in [0.4, 0.5) is 0 Å². The van der Waals surface area contributed by atoms with Crippen molar-refractivity contribution in [2.75, 3.05) is 12.0 Å². The van der Waals surface area contributed by atoms with E-state index in [2.05, 4.69) is 0 Å². The summed E-state index contributed by atoms with van der Waals surface area (Å²) in [5.74, 6) is -1.84. The number of rotatable bonds is 6. The Morgan fingerprint density at radius 3 is 2.23 bits per heavy atom. The molecule has 0 spiro atoms. The lowest BCUT2D eigenvalue weighted by Gasteiger charge is -2.18. The zero-order valence-corrected chi connectivity index (χ0v) is 12.9. The van der Waals surface area contributed by atoms with Crippen LogP contribution in [0.5, 0.6) is 0 Å². The van der Waals surface area contributed by atoms with Crippen LogP contribution in [0.1, 0.15) is 33.7 Å². The van der Waals surface area contributed by atoms with Crippen LogP contribution in [0.2, 0.25) is 0 Å². The third-order valence-electron chi connectivity index (χ3n) is 3.71. The molecule has 1 aliphatic carbocycles. The molecule has 1 saturated carbocycles. The SMILES string of the molecule is CS(=O)(=O)CC1(Cn2c(C(N)=O)ccc(C(N)=O)c2=O)CC1. The second kappa shape index (κ2) is 5.24. The summed E-state index contributed by atoms with van der Waals surface area (Å²) in [5, 5.41) is 0. The standard InChI is InChI=1S/C13H17N3O5S/c1-22(20,21)7-13(4-5-13)6-16-9(11(15)18)3-2-8(10(14)17)12(16)19/h2-3H,4-7H2,1H3,(H2,14,17)(H2,15,18). The van der Waals surface area contributed by atoms with Crippen molar-refractivity contribution in [3.05, 3.63) is 33.7 Å². The van der Waals surface area contributed by atoms with Gasteiger partial charge < -0.3 is 16.0 Å². The Balaban J connectivity index is 2.50. The van der Waals surface area contributed by atoms with Crippen LogP contribution in [0.25, 0.3) is 0 Å². The van der Waals surface area contributed by atoms with Gasteiger partial charge in [0.25, 0.3) is 17.4 Å². The quantitative estimate of drug-likeness (QED) is 0.680. The highest BCUT2D eigenvalue weighted by Crippen LogP contribution is 2.48. The van der Waals surface area contributed by atoms with Crippen LogP contribution in [0.3, 0.4) is 0 Å². The number of aromatic nitrogens is 1. The van der Waals surface area contributed by atoms with Crippen molar-refractivity contribution >= 4 is 21.7 Å². The molecule has 1 aromatic rings. The maximum Gasteiger partial charge on any atom is 0.265 e. The van der Waals surface area contributed by atoms with Gasteiger partial charge in [0.15, 0.2) is 0 Å². The van der Waals surface area contributed by atoms with Crippen LogP contribution < -0.4 is 17.0 Å². The van der Waals surface area contributed by atoms with E-state index in [1.165, 1.54) is 6.07 Å². The van der Waals surface area contributed by atoms with E-state index in [-0.39, 0.29) is 23.6 Å².